The molecule has 1 aromatic carbocycles. The van der Waals surface area contributed by atoms with Gasteiger partial charge in [0.15, 0.2) is 11.5 Å². The number of carbonyl (C=O) groups is 4. The normalized spacial score (nSPS) is 12.6. The lowest BCUT2D eigenvalue weighted by Gasteiger charge is -2.21. The molecule has 12 nitrogen and oxygen atoms in total. The Labute approximate surface area is 222 Å². The second-order valence-electron chi connectivity index (χ2n) is 9.71. The highest BCUT2D eigenvalue weighted by Crippen LogP contribution is 2.30. The summed E-state index contributed by atoms with van der Waals surface area (Å²) in [5.41, 5.74) is 0.233. The molecule has 2 N–H and O–H groups in total. The molecule has 0 aromatic heterocycles. The standard InChI is InChI=1S/C26H39NO11/c1-7-11-33-23(30)37-20-10-9-18(14-21(20)38-24(31)34-12-8-2)13-19(22(28)29)27-15-17(3)36-25(32)35-16-26(4,5)6/h9-10,14,17,19,27H,7-8,11-13,15-16H2,1-6H3,(H,28,29)/t17?,19-/m0/s1. The van der Waals surface area contributed by atoms with Gasteiger partial charge in [0, 0.05) is 6.54 Å². The summed E-state index contributed by atoms with van der Waals surface area (Å²) in [5, 5.41) is 12.5. The Kier molecular flexibility index (Phi) is 14.0. The van der Waals surface area contributed by atoms with Crippen molar-refractivity contribution in [3.63, 3.8) is 0 Å². The molecule has 0 aliphatic rings. The monoisotopic (exact) mass is 541 g/mol. The van der Waals surface area contributed by atoms with Crippen LogP contribution in [0.5, 0.6) is 11.5 Å². The Balaban J connectivity index is 2.90. The molecule has 0 saturated heterocycles. The molecule has 1 aromatic rings. The number of ether oxygens (including phenoxy) is 6. The smallest absolute Gasteiger partial charge is 0.480 e. The Morgan fingerprint density at radius 2 is 1.47 bits per heavy atom. The molecule has 0 radical (unpaired) electrons. The third-order valence-corrected chi connectivity index (χ3v) is 4.55. The minimum atomic E-state index is -1.15. The molecule has 1 unspecified atom stereocenters. The maximum atomic E-state index is 12.0. The van der Waals surface area contributed by atoms with Crippen LogP contribution >= 0.6 is 0 Å². The fraction of sp³-hybridized carbons (Fsp3) is 0.615. The van der Waals surface area contributed by atoms with Gasteiger partial charge in [0.1, 0.15) is 12.1 Å². The second kappa shape index (κ2) is 16.3. The molecule has 0 aliphatic carbocycles. The molecule has 0 amide bonds. The molecule has 0 aliphatic heterocycles. The maximum absolute atomic E-state index is 12.0. The number of rotatable bonds is 14. The summed E-state index contributed by atoms with van der Waals surface area (Å²) in [6.07, 6.45) is -2.36. The molecule has 38 heavy (non-hydrogen) atoms. The summed E-state index contributed by atoms with van der Waals surface area (Å²) in [5.74, 6) is -1.39. The Morgan fingerprint density at radius 3 is 2.00 bits per heavy atom. The average molecular weight is 542 g/mol. The van der Waals surface area contributed by atoms with Gasteiger partial charge in [-0.1, -0.05) is 40.7 Å². The van der Waals surface area contributed by atoms with Gasteiger partial charge in [-0.15, -0.1) is 0 Å². The third-order valence-electron chi connectivity index (χ3n) is 4.55. The van der Waals surface area contributed by atoms with Gasteiger partial charge in [0.2, 0.25) is 0 Å². The molecule has 0 fully saturated rings. The SMILES string of the molecule is CCCOC(=O)Oc1ccc(C[C@H](NCC(C)OC(=O)OCC(C)(C)C)C(=O)O)cc1OC(=O)OCCC. The highest BCUT2D eigenvalue weighted by Gasteiger charge is 2.23. The van der Waals surface area contributed by atoms with E-state index in [0.717, 1.165) is 0 Å². The lowest BCUT2D eigenvalue weighted by molar-refractivity contribution is -0.139. The summed E-state index contributed by atoms with van der Waals surface area (Å²) < 4.78 is 30.3. The second-order valence-corrected chi connectivity index (χ2v) is 9.71. The van der Waals surface area contributed by atoms with E-state index < -0.39 is 36.6 Å². The van der Waals surface area contributed by atoms with E-state index in [1.54, 1.807) is 6.92 Å². The van der Waals surface area contributed by atoms with Crippen LogP contribution in [0.4, 0.5) is 14.4 Å². The lowest BCUT2D eigenvalue weighted by Crippen LogP contribution is -2.42. The first-order valence-corrected chi connectivity index (χ1v) is 12.5. The van der Waals surface area contributed by atoms with Gasteiger partial charge >= 0.3 is 24.4 Å². The maximum Gasteiger partial charge on any atom is 0.513 e. The van der Waals surface area contributed by atoms with Gasteiger partial charge in [0.05, 0.1) is 19.8 Å². The van der Waals surface area contributed by atoms with Crippen molar-refractivity contribution in [2.45, 2.75) is 73.0 Å². The Bertz CT molecular complexity index is 926. The van der Waals surface area contributed by atoms with Crippen LogP contribution in [0.25, 0.3) is 0 Å². The van der Waals surface area contributed by atoms with Crippen molar-refractivity contribution in [1.82, 2.24) is 5.32 Å². The largest absolute Gasteiger partial charge is 0.513 e. The van der Waals surface area contributed by atoms with Gasteiger partial charge in [-0.3, -0.25) is 4.79 Å². The molecule has 0 bridgehead atoms. The number of carbonyl (C=O) groups excluding carboxylic acids is 3. The van der Waals surface area contributed by atoms with E-state index >= 15 is 0 Å². The number of aliphatic carboxylic acids is 1. The van der Waals surface area contributed by atoms with Crippen LogP contribution in [0, 0.1) is 5.41 Å². The van der Waals surface area contributed by atoms with E-state index in [4.69, 9.17) is 28.4 Å². The Morgan fingerprint density at radius 1 is 0.895 bits per heavy atom. The molecular formula is C26H39NO11. The van der Waals surface area contributed by atoms with E-state index in [1.165, 1.54) is 18.2 Å². The molecule has 214 valence electrons. The highest BCUT2D eigenvalue weighted by molar-refractivity contribution is 5.74. The topological polar surface area (TPSA) is 156 Å². The van der Waals surface area contributed by atoms with Crippen LogP contribution < -0.4 is 14.8 Å². The van der Waals surface area contributed by atoms with Crippen molar-refractivity contribution in [3.05, 3.63) is 23.8 Å². The fourth-order valence-electron chi connectivity index (χ4n) is 2.76. The van der Waals surface area contributed by atoms with Crippen molar-refractivity contribution in [1.29, 1.82) is 0 Å². The number of hydrogen-bond donors (Lipinski definition) is 2. The van der Waals surface area contributed by atoms with Crippen LogP contribution in [-0.4, -0.2) is 68.1 Å². The zero-order valence-electron chi connectivity index (χ0n) is 22.9. The van der Waals surface area contributed by atoms with Crippen molar-refractivity contribution in [2.24, 2.45) is 5.41 Å². The third kappa shape index (κ3) is 13.7. The van der Waals surface area contributed by atoms with Crippen LogP contribution in [-0.2, 0) is 30.2 Å². The highest BCUT2D eigenvalue weighted by atomic mass is 16.7. The average Bonchev–Trinajstić information content (AvgIpc) is 2.83. The summed E-state index contributed by atoms with van der Waals surface area (Å²) in [4.78, 5) is 47.6. The van der Waals surface area contributed by atoms with Crippen molar-refractivity contribution in [3.8, 4) is 11.5 Å². The lowest BCUT2D eigenvalue weighted by atomic mass is 9.99. The van der Waals surface area contributed by atoms with Gasteiger partial charge < -0.3 is 38.8 Å². The number of carboxylic acid groups (broad SMARTS) is 1. The first-order valence-electron chi connectivity index (χ1n) is 12.5. The number of benzene rings is 1. The van der Waals surface area contributed by atoms with Gasteiger partial charge in [-0.05, 0) is 49.3 Å². The molecule has 12 heteroatoms. The van der Waals surface area contributed by atoms with Crippen LogP contribution in [0.2, 0.25) is 0 Å². The quantitative estimate of drug-likeness (QED) is 0.190. The van der Waals surface area contributed by atoms with E-state index in [0.29, 0.717) is 18.4 Å². The minimum Gasteiger partial charge on any atom is -0.480 e. The summed E-state index contributed by atoms with van der Waals surface area (Å²) in [7, 11) is 0. The Hall–Kier alpha value is -3.54. The van der Waals surface area contributed by atoms with E-state index in [9.17, 15) is 24.3 Å². The van der Waals surface area contributed by atoms with Crippen molar-refractivity contribution in [2.75, 3.05) is 26.4 Å². The summed E-state index contributed by atoms with van der Waals surface area (Å²) in [6.45, 7) is 11.4. The predicted molar refractivity (Wildman–Crippen MR) is 135 cm³/mol. The van der Waals surface area contributed by atoms with E-state index in [1.807, 2.05) is 34.6 Å². The van der Waals surface area contributed by atoms with Gasteiger partial charge in [-0.25, -0.2) is 14.4 Å². The molecular weight excluding hydrogens is 502 g/mol. The van der Waals surface area contributed by atoms with Gasteiger partial charge in [0.25, 0.3) is 0 Å². The summed E-state index contributed by atoms with van der Waals surface area (Å²) >= 11 is 0. The molecule has 0 saturated carbocycles. The van der Waals surface area contributed by atoms with Crippen LogP contribution in [0.1, 0.15) is 59.9 Å². The molecule has 1 rings (SSSR count). The number of carboxylic acids is 1. The van der Waals surface area contributed by atoms with Crippen molar-refractivity contribution < 1.29 is 52.7 Å². The predicted octanol–water partition coefficient (Wildman–Crippen LogP) is 4.71. The van der Waals surface area contributed by atoms with Crippen LogP contribution in [0.15, 0.2) is 18.2 Å². The minimum absolute atomic E-state index is 0.0303. The van der Waals surface area contributed by atoms with Gasteiger partial charge in [-0.2, -0.15) is 0 Å². The number of hydrogen-bond acceptors (Lipinski definition) is 11. The summed E-state index contributed by atoms with van der Waals surface area (Å²) in [6, 6.07) is 3.18. The van der Waals surface area contributed by atoms with Crippen LogP contribution in [0.3, 0.4) is 0 Å². The number of nitrogens with one attached hydrogen (secondary N) is 1. The first kappa shape index (κ1) is 32.5. The van der Waals surface area contributed by atoms with E-state index in [2.05, 4.69) is 5.32 Å². The zero-order valence-corrected chi connectivity index (χ0v) is 22.9. The molecule has 2 atom stereocenters. The zero-order chi connectivity index (χ0) is 28.7. The van der Waals surface area contributed by atoms with Crippen molar-refractivity contribution >= 4 is 24.4 Å². The molecule has 0 heterocycles. The van der Waals surface area contributed by atoms with E-state index in [-0.39, 0.29) is 49.7 Å². The first-order chi connectivity index (χ1) is 17.8. The molecule has 0 spiro atoms. The fourth-order valence-corrected chi connectivity index (χ4v) is 2.76.